The highest BCUT2D eigenvalue weighted by Gasteiger charge is 1.90. The molecule has 1 aromatic heterocycles. The van der Waals surface area contributed by atoms with Gasteiger partial charge in [-0.05, 0) is 18.6 Å². The Hall–Kier alpha value is -1.25. The maximum Gasteiger partial charge on any atom is 0.134 e. The Morgan fingerprint density at radius 3 is 2.91 bits per heavy atom. The molecule has 0 aliphatic rings. The first kappa shape index (κ1) is 7.85. The van der Waals surface area contributed by atoms with Gasteiger partial charge in [0.1, 0.15) is 11.6 Å². The molecular weight excluding hydrogens is 140 g/mol. The summed E-state index contributed by atoms with van der Waals surface area (Å²) in [5.41, 5.74) is 0. The SMILES string of the molecule is CCCNc1ccc(O)cn1. The zero-order chi connectivity index (χ0) is 8.10. The van der Waals surface area contributed by atoms with Gasteiger partial charge < -0.3 is 10.4 Å². The molecule has 11 heavy (non-hydrogen) atoms. The molecule has 1 heterocycles. The minimum atomic E-state index is 0.201. The number of pyridine rings is 1. The summed E-state index contributed by atoms with van der Waals surface area (Å²) < 4.78 is 0. The Morgan fingerprint density at radius 2 is 2.36 bits per heavy atom. The molecule has 0 unspecified atom stereocenters. The summed E-state index contributed by atoms with van der Waals surface area (Å²) in [7, 11) is 0. The van der Waals surface area contributed by atoms with E-state index in [9.17, 15) is 0 Å². The largest absolute Gasteiger partial charge is 0.506 e. The monoisotopic (exact) mass is 152 g/mol. The van der Waals surface area contributed by atoms with Gasteiger partial charge in [0.05, 0.1) is 6.20 Å². The maximum absolute atomic E-state index is 8.89. The van der Waals surface area contributed by atoms with Crippen LogP contribution in [0.4, 0.5) is 5.82 Å². The van der Waals surface area contributed by atoms with Crippen LogP contribution in [0.2, 0.25) is 0 Å². The average Bonchev–Trinajstić information content (AvgIpc) is 2.04. The molecule has 1 rings (SSSR count). The van der Waals surface area contributed by atoms with Crippen molar-refractivity contribution >= 4 is 5.82 Å². The number of rotatable bonds is 3. The Bertz CT molecular complexity index is 208. The predicted molar refractivity (Wildman–Crippen MR) is 44.7 cm³/mol. The molecule has 0 bridgehead atoms. The first-order valence-corrected chi connectivity index (χ1v) is 3.72. The third-order valence-electron chi connectivity index (χ3n) is 1.30. The summed E-state index contributed by atoms with van der Waals surface area (Å²) in [6, 6.07) is 3.37. The van der Waals surface area contributed by atoms with Gasteiger partial charge in [0.15, 0.2) is 0 Å². The van der Waals surface area contributed by atoms with E-state index in [1.54, 1.807) is 12.1 Å². The minimum absolute atomic E-state index is 0.201. The van der Waals surface area contributed by atoms with Crippen LogP contribution < -0.4 is 5.32 Å². The number of hydrogen-bond donors (Lipinski definition) is 2. The van der Waals surface area contributed by atoms with E-state index in [1.807, 2.05) is 0 Å². The fraction of sp³-hybridized carbons (Fsp3) is 0.375. The number of aromatic hydroxyl groups is 1. The third kappa shape index (κ3) is 2.45. The highest BCUT2D eigenvalue weighted by atomic mass is 16.3. The Balaban J connectivity index is 2.52. The molecule has 1 aromatic rings. The number of nitrogens with zero attached hydrogens (tertiary/aromatic N) is 1. The van der Waals surface area contributed by atoms with Gasteiger partial charge in [0, 0.05) is 6.54 Å². The molecule has 0 fully saturated rings. The van der Waals surface area contributed by atoms with Gasteiger partial charge in [-0.25, -0.2) is 4.98 Å². The molecule has 0 atom stereocenters. The lowest BCUT2D eigenvalue weighted by Gasteiger charge is -2.01. The predicted octanol–water partition coefficient (Wildman–Crippen LogP) is 1.61. The van der Waals surface area contributed by atoms with Gasteiger partial charge >= 0.3 is 0 Å². The van der Waals surface area contributed by atoms with Crippen molar-refractivity contribution in [3.05, 3.63) is 18.3 Å². The van der Waals surface area contributed by atoms with Crippen LogP contribution >= 0.6 is 0 Å². The van der Waals surface area contributed by atoms with E-state index in [-0.39, 0.29) is 5.75 Å². The zero-order valence-corrected chi connectivity index (χ0v) is 6.54. The van der Waals surface area contributed by atoms with Crippen molar-refractivity contribution < 1.29 is 5.11 Å². The molecule has 0 aromatic carbocycles. The van der Waals surface area contributed by atoms with Gasteiger partial charge in [0.25, 0.3) is 0 Å². The zero-order valence-electron chi connectivity index (χ0n) is 6.54. The van der Waals surface area contributed by atoms with Gasteiger partial charge in [0.2, 0.25) is 0 Å². The second-order valence-electron chi connectivity index (χ2n) is 2.33. The number of anilines is 1. The summed E-state index contributed by atoms with van der Waals surface area (Å²) in [4.78, 5) is 3.95. The molecule has 2 N–H and O–H groups in total. The lowest BCUT2D eigenvalue weighted by atomic mass is 10.4. The van der Waals surface area contributed by atoms with E-state index in [0.29, 0.717) is 0 Å². The molecule has 0 radical (unpaired) electrons. The van der Waals surface area contributed by atoms with Crippen LogP contribution in [0.15, 0.2) is 18.3 Å². The van der Waals surface area contributed by atoms with E-state index in [0.717, 1.165) is 18.8 Å². The molecule has 0 aliphatic heterocycles. The first-order chi connectivity index (χ1) is 5.33. The maximum atomic E-state index is 8.89. The Kier molecular flexibility index (Phi) is 2.72. The quantitative estimate of drug-likeness (QED) is 0.691. The number of aromatic nitrogens is 1. The summed E-state index contributed by atoms with van der Waals surface area (Å²) >= 11 is 0. The van der Waals surface area contributed by atoms with Crippen molar-refractivity contribution in [2.75, 3.05) is 11.9 Å². The fourth-order valence-corrected chi connectivity index (χ4v) is 0.744. The molecule has 3 nitrogen and oxygen atoms in total. The Labute approximate surface area is 66.1 Å². The van der Waals surface area contributed by atoms with Gasteiger partial charge in [-0.15, -0.1) is 0 Å². The van der Waals surface area contributed by atoms with E-state index in [4.69, 9.17) is 5.11 Å². The van der Waals surface area contributed by atoms with Crippen LogP contribution in [0.1, 0.15) is 13.3 Å². The molecular formula is C8H12N2O. The van der Waals surface area contributed by atoms with E-state index < -0.39 is 0 Å². The fourth-order valence-electron chi connectivity index (χ4n) is 0.744. The Morgan fingerprint density at radius 1 is 1.55 bits per heavy atom. The van der Waals surface area contributed by atoms with Gasteiger partial charge in [-0.3, -0.25) is 0 Å². The van der Waals surface area contributed by atoms with Crippen molar-refractivity contribution in [3.8, 4) is 5.75 Å². The molecule has 60 valence electrons. The topological polar surface area (TPSA) is 45.1 Å². The smallest absolute Gasteiger partial charge is 0.134 e. The van der Waals surface area contributed by atoms with E-state index in [2.05, 4.69) is 17.2 Å². The molecule has 0 aliphatic carbocycles. The highest BCUT2D eigenvalue weighted by Crippen LogP contribution is 2.08. The summed E-state index contributed by atoms with van der Waals surface area (Å²) in [6.07, 6.45) is 2.50. The second-order valence-corrected chi connectivity index (χ2v) is 2.33. The van der Waals surface area contributed by atoms with E-state index >= 15 is 0 Å². The van der Waals surface area contributed by atoms with Gasteiger partial charge in [-0.1, -0.05) is 6.92 Å². The molecule has 3 heteroatoms. The molecule has 0 amide bonds. The molecule has 0 saturated carbocycles. The summed E-state index contributed by atoms with van der Waals surface area (Å²) in [5.74, 6) is 1.01. The molecule has 0 saturated heterocycles. The molecule has 0 spiro atoms. The van der Waals surface area contributed by atoms with Crippen molar-refractivity contribution in [2.24, 2.45) is 0 Å². The van der Waals surface area contributed by atoms with Crippen LogP contribution in [-0.2, 0) is 0 Å². The highest BCUT2D eigenvalue weighted by molar-refractivity contribution is 5.36. The van der Waals surface area contributed by atoms with Crippen molar-refractivity contribution in [1.29, 1.82) is 0 Å². The van der Waals surface area contributed by atoms with Crippen LogP contribution in [0.5, 0.6) is 5.75 Å². The minimum Gasteiger partial charge on any atom is -0.506 e. The van der Waals surface area contributed by atoms with Crippen molar-refractivity contribution in [3.63, 3.8) is 0 Å². The summed E-state index contributed by atoms with van der Waals surface area (Å²) in [5, 5.41) is 12.0. The van der Waals surface area contributed by atoms with Crippen LogP contribution in [0, 0.1) is 0 Å². The first-order valence-electron chi connectivity index (χ1n) is 3.72. The summed E-state index contributed by atoms with van der Waals surface area (Å²) in [6.45, 7) is 3.01. The van der Waals surface area contributed by atoms with Crippen LogP contribution in [0.25, 0.3) is 0 Å². The van der Waals surface area contributed by atoms with Crippen LogP contribution in [0.3, 0.4) is 0 Å². The van der Waals surface area contributed by atoms with Crippen molar-refractivity contribution in [2.45, 2.75) is 13.3 Å². The van der Waals surface area contributed by atoms with E-state index in [1.165, 1.54) is 6.20 Å². The number of nitrogens with one attached hydrogen (secondary N) is 1. The van der Waals surface area contributed by atoms with Crippen molar-refractivity contribution in [1.82, 2.24) is 4.98 Å². The lowest BCUT2D eigenvalue weighted by Crippen LogP contribution is -2.00. The van der Waals surface area contributed by atoms with Gasteiger partial charge in [-0.2, -0.15) is 0 Å². The normalized spacial score (nSPS) is 9.55. The number of hydrogen-bond acceptors (Lipinski definition) is 3. The lowest BCUT2D eigenvalue weighted by molar-refractivity contribution is 0.473. The average molecular weight is 152 g/mol. The third-order valence-corrected chi connectivity index (χ3v) is 1.30. The van der Waals surface area contributed by atoms with Crippen LogP contribution in [-0.4, -0.2) is 16.6 Å². The second kappa shape index (κ2) is 3.81. The standard InChI is InChI=1S/C8H12N2O/c1-2-5-9-8-4-3-7(11)6-10-8/h3-4,6,11H,2,5H2,1H3,(H,9,10).